The summed E-state index contributed by atoms with van der Waals surface area (Å²) in [5, 5.41) is 7.69. The summed E-state index contributed by atoms with van der Waals surface area (Å²) in [5.41, 5.74) is 1.50. The molecular formula is C8H4ClN5O. The van der Waals surface area contributed by atoms with Gasteiger partial charge < -0.3 is 4.52 Å². The molecule has 0 aliphatic rings. The third-order valence-corrected chi connectivity index (χ3v) is 2.11. The predicted octanol–water partition coefficient (Wildman–Crippen LogP) is 1.43. The fourth-order valence-electron chi connectivity index (χ4n) is 1.31. The molecule has 0 unspecified atom stereocenters. The molecule has 0 amide bonds. The van der Waals surface area contributed by atoms with Gasteiger partial charge in [-0.2, -0.15) is 10.1 Å². The molecule has 0 N–H and O–H groups in total. The van der Waals surface area contributed by atoms with E-state index in [9.17, 15) is 0 Å². The molecular weight excluding hydrogens is 218 g/mol. The molecule has 0 aliphatic heterocycles. The van der Waals surface area contributed by atoms with Crippen LogP contribution in [0.25, 0.3) is 17.0 Å². The van der Waals surface area contributed by atoms with Gasteiger partial charge in [0.15, 0.2) is 0 Å². The first-order valence-electron chi connectivity index (χ1n) is 4.11. The van der Waals surface area contributed by atoms with Gasteiger partial charge in [0.1, 0.15) is 0 Å². The molecule has 3 heterocycles. The molecule has 0 radical (unpaired) electrons. The van der Waals surface area contributed by atoms with Crippen molar-refractivity contribution in [2.24, 2.45) is 0 Å². The molecule has 0 bridgehead atoms. The molecule has 0 spiro atoms. The number of fused-ring (bicyclic) bond motifs is 1. The summed E-state index contributed by atoms with van der Waals surface area (Å²) in [6.45, 7) is 0. The van der Waals surface area contributed by atoms with Gasteiger partial charge in [-0.1, -0.05) is 0 Å². The van der Waals surface area contributed by atoms with Crippen LogP contribution < -0.4 is 0 Å². The second-order valence-electron chi connectivity index (χ2n) is 2.83. The van der Waals surface area contributed by atoms with Crippen molar-refractivity contribution in [3.63, 3.8) is 0 Å². The number of hydrogen-bond donors (Lipinski definition) is 0. The van der Waals surface area contributed by atoms with E-state index in [-0.39, 0.29) is 5.28 Å². The Morgan fingerprint density at radius 2 is 2.27 bits per heavy atom. The Morgan fingerprint density at radius 1 is 1.33 bits per heavy atom. The Hall–Kier alpha value is -1.95. The lowest BCUT2D eigenvalue weighted by molar-refractivity contribution is 0.431. The van der Waals surface area contributed by atoms with E-state index in [0.717, 1.165) is 5.52 Å². The third kappa shape index (κ3) is 1.26. The van der Waals surface area contributed by atoms with Crippen LogP contribution >= 0.6 is 11.6 Å². The summed E-state index contributed by atoms with van der Waals surface area (Å²) in [5.74, 6) is 0.336. The summed E-state index contributed by atoms with van der Waals surface area (Å²) < 4.78 is 6.61. The number of rotatable bonds is 1. The molecule has 0 saturated carbocycles. The quantitative estimate of drug-likeness (QED) is 0.622. The van der Waals surface area contributed by atoms with Gasteiger partial charge in [0, 0.05) is 12.4 Å². The lowest BCUT2D eigenvalue weighted by atomic mass is 10.3. The number of hydrogen-bond acceptors (Lipinski definition) is 5. The lowest BCUT2D eigenvalue weighted by Crippen LogP contribution is -1.85. The highest BCUT2D eigenvalue weighted by Gasteiger charge is 2.12. The first-order chi connectivity index (χ1) is 7.34. The molecule has 6 nitrogen and oxygen atoms in total. The van der Waals surface area contributed by atoms with Crippen molar-refractivity contribution in [1.82, 2.24) is 24.7 Å². The second-order valence-corrected chi connectivity index (χ2v) is 3.17. The van der Waals surface area contributed by atoms with Crippen molar-refractivity contribution in [2.45, 2.75) is 0 Å². The van der Waals surface area contributed by atoms with Crippen LogP contribution in [0.4, 0.5) is 0 Å². The first kappa shape index (κ1) is 8.37. The Kier molecular flexibility index (Phi) is 1.69. The molecule has 7 heteroatoms. The van der Waals surface area contributed by atoms with E-state index in [2.05, 4.69) is 20.2 Å². The molecule has 0 aliphatic carbocycles. The van der Waals surface area contributed by atoms with E-state index in [1.807, 2.05) is 0 Å². The van der Waals surface area contributed by atoms with Crippen molar-refractivity contribution in [3.05, 3.63) is 30.1 Å². The Bertz CT molecular complexity index is 616. The third-order valence-electron chi connectivity index (χ3n) is 1.96. The molecule has 3 aromatic heterocycles. The van der Waals surface area contributed by atoms with Crippen molar-refractivity contribution < 1.29 is 4.52 Å². The van der Waals surface area contributed by atoms with Gasteiger partial charge in [-0.15, -0.1) is 0 Å². The van der Waals surface area contributed by atoms with Crippen molar-refractivity contribution in [2.75, 3.05) is 0 Å². The van der Waals surface area contributed by atoms with Gasteiger partial charge >= 0.3 is 0 Å². The number of halogens is 1. The van der Waals surface area contributed by atoms with E-state index in [0.29, 0.717) is 11.5 Å². The maximum absolute atomic E-state index is 5.57. The predicted molar refractivity (Wildman–Crippen MR) is 51.3 cm³/mol. The van der Waals surface area contributed by atoms with Gasteiger partial charge in [-0.3, -0.25) is 4.98 Å². The maximum Gasteiger partial charge on any atom is 0.264 e. The van der Waals surface area contributed by atoms with Gasteiger partial charge in [-0.25, -0.2) is 4.52 Å². The summed E-state index contributed by atoms with van der Waals surface area (Å²) in [4.78, 5) is 7.90. The van der Waals surface area contributed by atoms with Crippen molar-refractivity contribution in [3.8, 4) is 11.5 Å². The Balaban J connectivity index is 2.27. The van der Waals surface area contributed by atoms with Crippen LogP contribution in [-0.4, -0.2) is 24.7 Å². The molecule has 0 aromatic carbocycles. The summed E-state index contributed by atoms with van der Waals surface area (Å²) in [6.07, 6.45) is 6.67. The zero-order valence-electron chi connectivity index (χ0n) is 7.33. The van der Waals surface area contributed by atoms with E-state index in [1.165, 1.54) is 0 Å². The van der Waals surface area contributed by atoms with Crippen LogP contribution in [-0.2, 0) is 0 Å². The largest absolute Gasteiger partial charge is 0.333 e. The van der Waals surface area contributed by atoms with Crippen LogP contribution in [0.3, 0.4) is 0 Å². The van der Waals surface area contributed by atoms with Gasteiger partial charge in [0.25, 0.3) is 11.2 Å². The van der Waals surface area contributed by atoms with Crippen LogP contribution in [0.15, 0.2) is 29.3 Å². The topological polar surface area (TPSA) is 69.1 Å². The van der Waals surface area contributed by atoms with Gasteiger partial charge in [-0.05, 0) is 16.8 Å². The van der Waals surface area contributed by atoms with E-state index < -0.39 is 0 Å². The second kappa shape index (κ2) is 3.03. The Morgan fingerprint density at radius 3 is 3.07 bits per heavy atom. The fourth-order valence-corrected chi connectivity index (χ4v) is 1.43. The smallest absolute Gasteiger partial charge is 0.264 e. The molecule has 0 saturated heterocycles. The minimum atomic E-state index is 0.0771. The lowest BCUT2D eigenvalue weighted by Gasteiger charge is -1.91. The summed E-state index contributed by atoms with van der Waals surface area (Å²) in [7, 11) is 0. The van der Waals surface area contributed by atoms with Crippen LogP contribution in [0, 0.1) is 0 Å². The van der Waals surface area contributed by atoms with E-state index in [1.54, 1.807) is 29.3 Å². The van der Waals surface area contributed by atoms with Crippen molar-refractivity contribution in [1.29, 1.82) is 0 Å². The van der Waals surface area contributed by atoms with Crippen LogP contribution in [0.2, 0.25) is 5.28 Å². The average molecular weight is 222 g/mol. The minimum absolute atomic E-state index is 0.0771. The monoisotopic (exact) mass is 221 g/mol. The van der Waals surface area contributed by atoms with Crippen LogP contribution in [0.1, 0.15) is 0 Å². The fraction of sp³-hybridized carbons (Fsp3) is 0. The molecule has 74 valence electrons. The van der Waals surface area contributed by atoms with Gasteiger partial charge in [0.2, 0.25) is 0 Å². The first-order valence-corrected chi connectivity index (χ1v) is 4.49. The van der Waals surface area contributed by atoms with Crippen molar-refractivity contribution >= 4 is 17.1 Å². The molecule has 0 atom stereocenters. The summed E-state index contributed by atoms with van der Waals surface area (Å²) >= 11 is 5.57. The summed E-state index contributed by atoms with van der Waals surface area (Å²) in [6, 6.07) is 0. The number of aromatic nitrogens is 5. The highest BCUT2D eigenvalue weighted by Crippen LogP contribution is 2.22. The van der Waals surface area contributed by atoms with Gasteiger partial charge in [0.05, 0.1) is 23.5 Å². The highest BCUT2D eigenvalue weighted by atomic mass is 35.5. The highest BCUT2D eigenvalue weighted by molar-refractivity contribution is 6.28. The number of nitrogens with zero attached hydrogens (tertiary/aromatic N) is 5. The van der Waals surface area contributed by atoms with E-state index >= 15 is 0 Å². The zero-order chi connectivity index (χ0) is 10.3. The Labute approximate surface area is 88.5 Å². The normalized spacial score (nSPS) is 11.0. The maximum atomic E-state index is 5.57. The molecule has 15 heavy (non-hydrogen) atoms. The minimum Gasteiger partial charge on any atom is -0.333 e. The SMILES string of the molecule is Clc1noc(-c2cnn3ccncc23)n1. The molecule has 3 rings (SSSR count). The van der Waals surface area contributed by atoms with E-state index in [4.69, 9.17) is 16.1 Å². The van der Waals surface area contributed by atoms with Crippen LogP contribution in [0.5, 0.6) is 0 Å². The molecule has 3 aromatic rings. The molecule has 0 fully saturated rings. The standard InChI is InChI=1S/C8H4ClN5O/c9-8-12-7(15-13-8)5-3-11-14-2-1-10-4-6(5)14/h1-4H. The zero-order valence-corrected chi connectivity index (χ0v) is 8.09. The average Bonchev–Trinajstić information content (AvgIpc) is 2.83.